The fourth-order valence-corrected chi connectivity index (χ4v) is 9.68. The van der Waals surface area contributed by atoms with Crippen LogP contribution >= 0.6 is 0 Å². The molecule has 0 saturated heterocycles. The number of anilines is 1. The zero-order valence-electron chi connectivity index (χ0n) is 56.0. The predicted molar refractivity (Wildman–Crippen MR) is 385 cm³/mol. The zero-order chi connectivity index (χ0) is 67.1. The molecule has 3 heterocycles. The molecule has 13 heteroatoms. The number of aryl methyl sites for hydroxylation is 6. The Morgan fingerprint density at radius 2 is 0.692 bits per heavy atom. The minimum absolute atomic E-state index is 0.0115. The lowest BCUT2D eigenvalue weighted by Gasteiger charge is -2.39. The van der Waals surface area contributed by atoms with E-state index in [1.165, 1.54) is 22.3 Å². The van der Waals surface area contributed by atoms with Crippen molar-refractivity contribution in [3.63, 3.8) is 0 Å². The SMILES string of the molecule is CCc1ccccn1.CCc1ncccn1.C[C@@H](N)[C@H](N)c1ccccc1.C[C@H](N)[C@@H](N)c1ccccc1.Cc1ccc(C(N)(c2ccc(C)cc2)[C@@H](N)C(C)C)cc1.Cc1ccc(C(N)(c2ccc(C)cc2)[C@H](N)C(C)C)cc1.Nc1cccc2cccnc12. The van der Waals surface area contributed by atoms with Gasteiger partial charge in [-0.1, -0.05) is 246 Å². The molecule has 482 valence electrons. The van der Waals surface area contributed by atoms with Gasteiger partial charge in [-0.3, -0.25) is 9.97 Å². The molecule has 18 N–H and O–H groups in total. The molecule has 6 atom stereocenters. The van der Waals surface area contributed by atoms with E-state index in [-0.39, 0.29) is 48.1 Å². The number of para-hydroxylation sites is 1. The summed E-state index contributed by atoms with van der Waals surface area (Å²) in [6.07, 6.45) is 9.02. The normalized spacial score (nSPS) is 12.9. The Morgan fingerprint density at radius 3 is 0.978 bits per heavy atom. The van der Waals surface area contributed by atoms with Crippen LogP contribution in [0, 0.1) is 39.5 Å². The quantitative estimate of drug-likeness (QED) is 0.0459. The standard InChI is InChI=1S/2C19H26N2.C9H8N2.2C9H14N2.C7H9N.C6H8N2/c2*1-13(2)18(20)19(21,16-9-5-14(3)6-10-16)17-11-7-15(4)8-12-17;10-8-5-1-3-7-4-2-6-11-9(7)8;2*1-7(10)9(11)8-5-3-2-4-6-8;1-2-7-5-3-4-6-8-7;1-2-6-7-4-3-5-8-6/h2*5-13,18H,20-21H2,1-4H3;1-6H,10H2;2*2-7,9H,10-11H2,1H3;3-6H,2H2,1H3;3-5H,2H2,1H3/t2*18-;;2*7-,9+;;/m10.10../s1. The van der Waals surface area contributed by atoms with E-state index in [1.54, 1.807) is 18.6 Å². The van der Waals surface area contributed by atoms with Gasteiger partial charge in [0, 0.05) is 78.5 Å². The molecule has 0 aliphatic heterocycles. The number of aromatic nitrogens is 4. The number of rotatable bonds is 14. The van der Waals surface area contributed by atoms with Crippen LogP contribution in [0.2, 0.25) is 0 Å². The van der Waals surface area contributed by atoms with E-state index < -0.39 is 11.1 Å². The molecule has 3 aromatic heterocycles. The van der Waals surface area contributed by atoms with Crippen LogP contribution in [-0.4, -0.2) is 44.1 Å². The van der Waals surface area contributed by atoms with Gasteiger partial charge in [-0.05, 0) is 124 Å². The summed E-state index contributed by atoms with van der Waals surface area (Å²) >= 11 is 0. The van der Waals surface area contributed by atoms with E-state index in [2.05, 4.69) is 179 Å². The number of nitrogen functional groups attached to an aromatic ring is 1. The lowest BCUT2D eigenvalue weighted by Crippen LogP contribution is -2.55. The smallest absolute Gasteiger partial charge is 0.127 e. The third-order valence-electron chi connectivity index (χ3n) is 15.8. The van der Waals surface area contributed by atoms with Gasteiger partial charge in [0.1, 0.15) is 5.82 Å². The topological polar surface area (TPSA) is 286 Å². The highest BCUT2D eigenvalue weighted by Crippen LogP contribution is 2.35. The maximum absolute atomic E-state index is 6.86. The van der Waals surface area contributed by atoms with Gasteiger partial charge in [0.15, 0.2) is 0 Å². The molecule has 91 heavy (non-hydrogen) atoms. The van der Waals surface area contributed by atoms with Gasteiger partial charge in [-0.15, -0.1) is 0 Å². The van der Waals surface area contributed by atoms with Gasteiger partial charge in [0.2, 0.25) is 0 Å². The Balaban J connectivity index is 0.000000234. The van der Waals surface area contributed by atoms with Crippen molar-refractivity contribution in [2.24, 2.45) is 57.7 Å². The first kappa shape index (κ1) is 75.1. The predicted octanol–water partition coefficient (Wildman–Crippen LogP) is 13.5. The monoisotopic (exact) mass is 1220 g/mol. The Hall–Kier alpha value is -8.34. The number of pyridine rings is 2. The fraction of sp³-hybridized carbons (Fsp3) is 0.308. The minimum Gasteiger partial charge on any atom is -0.397 e. The lowest BCUT2D eigenvalue weighted by atomic mass is 9.74. The largest absolute Gasteiger partial charge is 0.397 e. The van der Waals surface area contributed by atoms with Crippen molar-refractivity contribution in [2.45, 2.75) is 143 Å². The van der Waals surface area contributed by atoms with Crippen molar-refractivity contribution in [1.82, 2.24) is 19.9 Å². The summed E-state index contributed by atoms with van der Waals surface area (Å²) in [4.78, 5) is 16.2. The minimum atomic E-state index is -0.671. The van der Waals surface area contributed by atoms with Crippen LogP contribution < -0.4 is 51.6 Å². The van der Waals surface area contributed by atoms with Crippen molar-refractivity contribution in [3.05, 3.63) is 304 Å². The van der Waals surface area contributed by atoms with Crippen molar-refractivity contribution in [2.75, 3.05) is 5.73 Å². The molecule has 7 aromatic carbocycles. The van der Waals surface area contributed by atoms with Crippen LogP contribution in [0.3, 0.4) is 0 Å². The molecule has 0 amide bonds. The summed E-state index contributed by atoms with van der Waals surface area (Å²) in [6, 6.07) is 70.4. The molecular weight excluding hydrogens is 1120 g/mol. The number of fused-ring (bicyclic) bond motifs is 1. The molecule has 0 aliphatic rings. The van der Waals surface area contributed by atoms with Crippen molar-refractivity contribution in [1.29, 1.82) is 0 Å². The van der Waals surface area contributed by atoms with Gasteiger partial charge >= 0.3 is 0 Å². The van der Waals surface area contributed by atoms with E-state index in [1.807, 2.05) is 142 Å². The number of benzene rings is 7. The van der Waals surface area contributed by atoms with E-state index >= 15 is 0 Å². The van der Waals surface area contributed by atoms with Gasteiger partial charge in [0.25, 0.3) is 0 Å². The highest BCUT2D eigenvalue weighted by atomic mass is 14.9. The van der Waals surface area contributed by atoms with Crippen LogP contribution in [-0.2, 0) is 23.9 Å². The molecule has 0 fully saturated rings. The molecule has 0 spiro atoms. The van der Waals surface area contributed by atoms with Crippen LogP contribution in [0.1, 0.15) is 135 Å². The van der Waals surface area contributed by atoms with Crippen LogP contribution in [0.25, 0.3) is 10.9 Å². The third kappa shape index (κ3) is 23.4. The van der Waals surface area contributed by atoms with Gasteiger partial charge in [-0.2, -0.15) is 0 Å². The Morgan fingerprint density at radius 1 is 0.352 bits per heavy atom. The Bertz CT molecular complexity index is 3230. The molecule has 13 nitrogen and oxygen atoms in total. The zero-order valence-corrected chi connectivity index (χ0v) is 56.0. The second-order valence-electron chi connectivity index (χ2n) is 23.9. The lowest BCUT2D eigenvalue weighted by molar-refractivity contribution is 0.337. The molecule has 0 aliphatic carbocycles. The summed E-state index contributed by atoms with van der Waals surface area (Å²) in [5.74, 6) is 1.49. The Labute approximate surface area is 544 Å². The van der Waals surface area contributed by atoms with E-state index in [0.29, 0.717) is 0 Å². The van der Waals surface area contributed by atoms with Crippen molar-refractivity contribution in [3.8, 4) is 0 Å². The summed E-state index contributed by atoms with van der Waals surface area (Å²) in [5.41, 5.74) is 68.2. The highest BCUT2D eigenvalue weighted by Gasteiger charge is 2.39. The maximum Gasteiger partial charge on any atom is 0.127 e. The van der Waals surface area contributed by atoms with E-state index in [0.717, 1.165) is 74.3 Å². The summed E-state index contributed by atoms with van der Waals surface area (Å²) in [7, 11) is 0. The Kier molecular flexibility index (Phi) is 31.7. The van der Waals surface area contributed by atoms with Crippen LogP contribution in [0.4, 0.5) is 5.69 Å². The molecule has 10 aromatic rings. The first-order valence-corrected chi connectivity index (χ1v) is 31.6. The van der Waals surface area contributed by atoms with Gasteiger partial charge in [-0.25, -0.2) is 9.97 Å². The van der Waals surface area contributed by atoms with Gasteiger partial charge in [0.05, 0.1) is 22.3 Å². The molecule has 10 rings (SSSR count). The highest BCUT2D eigenvalue weighted by molar-refractivity contribution is 5.88. The first-order valence-electron chi connectivity index (χ1n) is 31.6. The fourth-order valence-electron chi connectivity index (χ4n) is 9.68. The van der Waals surface area contributed by atoms with E-state index in [4.69, 9.17) is 51.6 Å². The number of nitrogens with two attached hydrogens (primary N) is 9. The summed E-state index contributed by atoms with van der Waals surface area (Å²) in [5, 5.41) is 1.09. The molecule has 0 bridgehead atoms. The van der Waals surface area contributed by atoms with E-state index in [9.17, 15) is 0 Å². The molecular formula is C78H105N13. The average molecular weight is 1220 g/mol. The molecule has 0 saturated carbocycles. The third-order valence-corrected chi connectivity index (χ3v) is 15.8. The van der Waals surface area contributed by atoms with Crippen molar-refractivity contribution >= 4 is 16.6 Å². The second kappa shape index (κ2) is 38.4. The van der Waals surface area contributed by atoms with Crippen molar-refractivity contribution < 1.29 is 0 Å². The first-order chi connectivity index (χ1) is 43.4. The van der Waals surface area contributed by atoms with Crippen LogP contribution in [0.15, 0.2) is 237 Å². The van der Waals surface area contributed by atoms with Crippen LogP contribution in [0.5, 0.6) is 0 Å². The maximum atomic E-state index is 6.86. The summed E-state index contributed by atoms with van der Waals surface area (Å²) in [6.45, 7) is 24.8. The van der Waals surface area contributed by atoms with Gasteiger partial charge < -0.3 is 51.6 Å². The average Bonchev–Trinajstić information content (AvgIpc) is 0.896. The second-order valence-corrected chi connectivity index (χ2v) is 23.9. The number of hydrogen-bond donors (Lipinski definition) is 9. The summed E-state index contributed by atoms with van der Waals surface area (Å²) < 4.78 is 0. The molecule has 0 unspecified atom stereocenters. The number of nitrogens with zero attached hydrogens (tertiary/aromatic N) is 4. The molecule has 0 radical (unpaired) electrons. The number of hydrogen-bond acceptors (Lipinski definition) is 13.